The quantitative estimate of drug-likeness (QED) is 0.841. The Morgan fingerprint density at radius 1 is 1.42 bits per heavy atom. The van der Waals surface area contributed by atoms with Crippen molar-refractivity contribution in [2.24, 2.45) is 0 Å². The molecule has 0 saturated carbocycles. The smallest absolute Gasteiger partial charge is 0.241 e. The third-order valence-corrected chi connectivity index (χ3v) is 2.91. The van der Waals surface area contributed by atoms with Crippen molar-refractivity contribution < 1.29 is 9.26 Å². The molecule has 2 heterocycles. The molecule has 0 unspecified atom stereocenters. The number of aromatic nitrogens is 2. The highest BCUT2D eigenvalue weighted by Gasteiger charge is 2.17. The number of ether oxygens (including phenoxy) is 1. The maximum atomic E-state index is 8.57. The second kappa shape index (κ2) is 4.75. The average molecular weight is 274 g/mol. The molecule has 1 aromatic heterocycles. The zero-order valence-electron chi connectivity index (χ0n) is 9.76. The lowest BCUT2D eigenvalue weighted by atomic mass is 10.1. The molecule has 2 aromatic rings. The first-order valence-electron chi connectivity index (χ1n) is 5.59. The molecule has 0 saturated heterocycles. The van der Waals surface area contributed by atoms with E-state index in [1.165, 1.54) is 0 Å². The van der Waals surface area contributed by atoms with Gasteiger partial charge in [0.25, 0.3) is 0 Å². The maximum Gasteiger partial charge on any atom is 0.241 e. The third-order valence-electron chi connectivity index (χ3n) is 2.67. The van der Waals surface area contributed by atoms with Crippen LogP contribution in [-0.4, -0.2) is 16.7 Å². The largest absolute Gasteiger partial charge is 0.488 e. The standard InChI is InChI=1S/C13H8ClN3O2/c14-10-1-2-11-8(6-10)5-9(7-18-11)13-16-12(3-4-15)19-17-13/h1-2,5-6H,3,7H2. The van der Waals surface area contributed by atoms with Crippen molar-refractivity contribution >= 4 is 23.3 Å². The molecular formula is C13H8ClN3O2. The van der Waals surface area contributed by atoms with E-state index in [4.69, 9.17) is 26.1 Å². The summed E-state index contributed by atoms with van der Waals surface area (Å²) in [4.78, 5) is 4.14. The third kappa shape index (κ3) is 2.30. The Hall–Kier alpha value is -2.32. The van der Waals surface area contributed by atoms with Crippen LogP contribution in [0.15, 0.2) is 22.7 Å². The first-order chi connectivity index (χ1) is 9.26. The number of fused-ring (bicyclic) bond motifs is 1. The molecule has 19 heavy (non-hydrogen) atoms. The SMILES string of the molecule is N#CCc1nc(C2=Cc3cc(Cl)ccc3OC2)no1. The summed E-state index contributed by atoms with van der Waals surface area (Å²) in [5.74, 6) is 1.51. The zero-order valence-corrected chi connectivity index (χ0v) is 10.5. The molecule has 0 radical (unpaired) electrons. The molecule has 1 aliphatic heterocycles. The summed E-state index contributed by atoms with van der Waals surface area (Å²) in [6, 6.07) is 7.37. The van der Waals surface area contributed by atoms with E-state index in [0.29, 0.717) is 23.3 Å². The Labute approximate surface area is 114 Å². The van der Waals surface area contributed by atoms with Crippen LogP contribution in [0.5, 0.6) is 5.75 Å². The van der Waals surface area contributed by atoms with E-state index in [2.05, 4.69) is 10.1 Å². The van der Waals surface area contributed by atoms with Crippen molar-refractivity contribution in [1.29, 1.82) is 5.26 Å². The Morgan fingerprint density at radius 3 is 3.16 bits per heavy atom. The molecule has 0 fully saturated rings. The van der Waals surface area contributed by atoms with Gasteiger partial charge in [-0.25, -0.2) is 0 Å². The molecule has 1 aromatic carbocycles. The van der Waals surface area contributed by atoms with Crippen molar-refractivity contribution in [3.05, 3.63) is 40.5 Å². The second-order valence-electron chi connectivity index (χ2n) is 3.99. The van der Waals surface area contributed by atoms with Crippen molar-refractivity contribution in [3.63, 3.8) is 0 Å². The molecule has 3 rings (SSSR count). The highest BCUT2D eigenvalue weighted by atomic mass is 35.5. The van der Waals surface area contributed by atoms with E-state index in [0.717, 1.165) is 16.9 Å². The molecule has 5 nitrogen and oxygen atoms in total. The van der Waals surface area contributed by atoms with E-state index in [1.807, 2.05) is 24.3 Å². The average Bonchev–Trinajstić information content (AvgIpc) is 2.87. The Kier molecular flexibility index (Phi) is 2.94. The lowest BCUT2D eigenvalue weighted by Crippen LogP contribution is -2.07. The van der Waals surface area contributed by atoms with Crippen LogP contribution in [0.4, 0.5) is 0 Å². The number of rotatable bonds is 2. The van der Waals surface area contributed by atoms with Crippen LogP contribution < -0.4 is 4.74 Å². The van der Waals surface area contributed by atoms with Crippen molar-refractivity contribution in [1.82, 2.24) is 10.1 Å². The molecular weight excluding hydrogens is 266 g/mol. The van der Waals surface area contributed by atoms with Gasteiger partial charge in [-0.15, -0.1) is 0 Å². The first kappa shape index (κ1) is 11.8. The van der Waals surface area contributed by atoms with Crippen LogP contribution in [0.3, 0.4) is 0 Å². The minimum atomic E-state index is 0.101. The molecule has 0 amide bonds. The number of hydrogen-bond acceptors (Lipinski definition) is 5. The number of nitriles is 1. The van der Waals surface area contributed by atoms with E-state index >= 15 is 0 Å². The van der Waals surface area contributed by atoms with E-state index in [-0.39, 0.29) is 6.42 Å². The fourth-order valence-corrected chi connectivity index (χ4v) is 1.98. The first-order valence-corrected chi connectivity index (χ1v) is 5.97. The summed E-state index contributed by atoms with van der Waals surface area (Å²) >= 11 is 5.95. The van der Waals surface area contributed by atoms with Gasteiger partial charge in [-0.2, -0.15) is 10.2 Å². The highest BCUT2D eigenvalue weighted by Crippen LogP contribution is 2.31. The van der Waals surface area contributed by atoms with Gasteiger partial charge in [-0.1, -0.05) is 16.8 Å². The Balaban J connectivity index is 1.96. The Bertz CT molecular complexity index is 700. The molecule has 1 aliphatic rings. The lowest BCUT2D eigenvalue weighted by molar-refractivity contribution is 0.361. The van der Waals surface area contributed by atoms with Crippen LogP contribution in [0.2, 0.25) is 5.02 Å². The van der Waals surface area contributed by atoms with Crippen LogP contribution >= 0.6 is 11.6 Å². The fraction of sp³-hybridized carbons (Fsp3) is 0.154. The maximum absolute atomic E-state index is 8.57. The molecule has 0 bridgehead atoms. The summed E-state index contributed by atoms with van der Waals surface area (Å²) in [6.07, 6.45) is 2.01. The zero-order chi connectivity index (χ0) is 13.2. The predicted octanol–water partition coefficient (Wildman–Crippen LogP) is 2.72. The minimum Gasteiger partial charge on any atom is -0.488 e. The van der Waals surface area contributed by atoms with E-state index < -0.39 is 0 Å². The van der Waals surface area contributed by atoms with Gasteiger partial charge in [0.15, 0.2) is 0 Å². The van der Waals surface area contributed by atoms with Gasteiger partial charge in [0.05, 0.1) is 6.07 Å². The van der Waals surface area contributed by atoms with Crippen molar-refractivity contribution in [3.8, 4) is 11.8 Å². The number of hydrogen-bond donors (Lipinski definition) is 0. The summed E-state index contributed by atoms with van der Waals surface area (Å²) in [6.45, 7) is 0.361. The number of halogens is 1. The molecule has 94 valence electrons. The van der Waals surface area contributed by atoms with Gasteiger partial charge in [0.1, 0.15) is 18.8 Å². The van der Waals surface area contributed by atoms with E-state index in [1.54, 1.807) is 6.07 Å². The van der Waals surface area contributed by atoms with Gasteiger partial charge < -0.3 is 9.26 Å². The van der Waals surface area contributed by atoms with Gasteiger partial charge in [-0.05, 0) is 24.3 Å². The van der Waals surface area contributed by atoms with Crippen LogP contribution in [0, 0.1) is 11.3 Å². The number of benzene rings is 1. The topological polar surface area (TPSA) is 71.9 Å². The monoisotopic (exact) mass is 273 g/mol. The molecule has 0 atom stereocenters. The van der Waals surface area contributed by atoms with Crippen LogP contribution in [-0.2, 0) is 6.42 Å². The van der Waals surface area contributed by atoms with Crippen LogP contribution in [0.1, 0.15) is 17.3 Å². The van der Waals surface area contributed by atoms with Gasteiger partial charge in [0, 0.05) is 16.2 Å². The van der Waals surface area contributed by atoms with Crippen molar-refractivity contribution in [2.45, 2.75) is 6.42 Å². The van der Waals surface area contributed by atoms with Gasteiger partial charge in [0.2, 0.25) is 11.7 Å². The van der Waals surface area contributed by atoms with Gasteiger partial charge in [-0.3, -0.25) is 0 Å². The van der Waals surface area contributed by atoms with Gasteiger partial charge >= 0.3 is 0 Å². The molecule has 0 N–H and O–H groups in total. The fourth-order valence-electron chi connectivity index (χ4n) is 1.80. The highest BCUT2D eigenvalue weighted by molar-refractivity contribution is 6.30. The van der Waals surface area contributed by atoms with E-state index in [9.17, 15) is 0 Å². The van der Waals surface area contributed by atoms with Crippen molar-refractivity contribution in [2.75, 3.05) is 6.61 Å². The molecule has 6 heteroatoms. The number of nitrogens with zero attached hydrogens (tertiary/aromatic N) is 3. The molecule has 0 spiro atoms. The van der Waals surface area contributed by atoms with Crippen LogP contribution in [0.25, 0.3) is 11.6 Å². The summed E-state index contributed by atoms with van der Waals surface area (Å²) in [5.41, 5.74) is 1.67. The lowest BCUT2D eigenvalue weighted by Gasteiger charge is -2.16. The predicted molar refractivity (Wildman–Crippen MR) is 68.4 cm³/mol. The summed E-state index contributed by atoms with van der Waals surface area (Å²) < 4.78 is 10.6. The second-order valence-corrected chi connectivity index (χ2v) is 4.42. The molecule has 0 aliphatic carbocycles. The Morgan fingerprint density at radius 2 is 2.32 bits per heavy atom. The summed E-state index contributed by atoms with van der Waals surface area (Å²) in [5, 5.41) is 13.0. The minimum absolute atomic E-state index is 0.101. The summed E-state index contributed by atoms with van der Waals surface area (Å²) in [7, 11) is 0. The normalized spacial score (nSPS) is 13.2.